The third-order valence-corrected chi connectivity index (χ3v) is 5.10. The molecule has 2 N–H and O–H groups in total. The number of hydrogen-bond acceptors (Lipinski definition) is 4. The van der Waals surface area contributed by atoms with Crippen LogP contribution in [0.4, 0.5) is 5.69 Å². The van der Waals surface area contributed by atoms with Crippen molar-refractivity contribution in [3.8, 4) is 0 Å². The van der Waals surface area contributed by atoms with Crippen LogP contribution in [0.2, 0.25) is 0 Å². The lowest BCUT2D eigenvalue weighted by Crippen LogP contribution is -2.40. The summed E-state index contributed by atoms with van der Waals surface area (Å²) >= 11 is 3.46. The lowest BCUT2D eigenvalue weighted by molar-refractivity contribution is 0.384. The summed E-state index contributed by atoms with van der Waals surface area (Å²) < 4.78 is 2.16. The zero-order valence-electron chi connectivity index (χ0n) is 12.9. The fraction of sp³-hybridized carbons (Fsp3) is 0.733. The topological polar surface area (TPSA) is 64.2 Å². The van der Waals surface area contributed by atoms with Crippen LogP contribution in [0.15, 0.2) is 15.5 Å². The Morgan fingerprint density at radius 1 is 1.43 bits per heavy atom. The summed E-state index contributed by atoms with van der Waals surface area (Å²) in [4.78, 5) is 14.5. The van der Waals surface area contributed by atoms with Crippen LogP contribution in [-0.4, -0.2) is 28.9 Å². The Morgan fingerprint density at radius 2 is 2.10 bits per heavy atom. The highest BCUT2D eigenvalue weighted by Crippen LogP contribution is 2.28. The molecule has 6 heteroatoms. The first-order valence-electron chi connectivity index (χ1n) is 7.78. The Labute approximate surface area is 134 Å². The van der Waals surface area contributed by atoms with E-state index >= 15 is 0 Å². The van der Waals surface area contributed by atoms with Gasteiger partial charge in [0.1, 0.15) is 4.47 Å². The van der Waals surface area contributed by atoms with Crippen molar-refractivity contribution < 1.29 is 0 Å². The first-order valence-corrected chi connectivity index (χ1v) is 8.58. The van der Waals surface area contributed by atoms with Crippen LogP contribution in [0.3, 0.4) is 0 Å². The number of unbranched alkanes of at least 4 members (excludes halogenated alkanes) is 1. The molecule has 1 aliphatic carbocycles. The van der Waals surface area contributed by atoms with Crippen molar-refractivity contribution in [2.75, 3.05) is 11.9 Å². The lowest BCUT2D eigenvalue weighted by Gasteiger charge is -2.35. The van der Waals surface area contributed by atoms with Gasteiger partial charge in [0.25, 0.3) is 5.56 Å². The molecule has 1 aliphatic rings. The quantitative estimate of drug-likeness (QED) is 0.880. The summed E-state index contributed by atoms with van der Waals surface area (Å²) in [7, 11) is 2.04. The molecular weight excluding hydrogens is 332 g/mol. The third kappa shape index (κ3) is 3.86. The summed E-state index contributed by atoms with van der Waals surface area (Å²) in [6.07, 6.45) is 8.06. The average molecular weight is 357 g/mol. The van der Waals surface area contributed by atoms with Gasteiger partial charge in [0, 0.05) is 25.7 Å². The number of nitrogens with zero attached hydrogens (tertiary/aromatic N) is 3. The van der Waals surface area contributed by atoms with E-state index in [4.69, 9.17) is 5.73 Å². The highest BCUT2D eigenvalue weighted by molar-refractivity contribution is 9.10. The molecular formula is C15H25BrN4O. The fourth-order valence-corrected chi connectivity index (χ4v) is 3.44. The number of halogens is 1. The molecule has 1 fully saturated rings. The van der Waals surface area contributed by atoms with E-state index in [0.29, 0.717) is 23.1 Å². The molecule has 0 aliphatic heterocycles. The molecule has 1 heterocycles. The number of aryl methyl sites for hydroxylation is 1. The molecule has 0 atom stereocenters. The first kappa shape index (κ1) is 16.5. The Kier molecular flexibility index (Phi) is 5.81. The van der Waals surface area contributed by atoms with E-state index in [9.17, 15) is 4.79 Å². The minimum atomic E-state index is -0.0414. The van der Waals surface area contributed by atoms with Crippen LogP contribution < -0.4 is 16.2 Å². The monoisotopic (exact) mass is 356 g/mol. The van der Waals surface area contributed by atoms with E-state index < -0.39 is 0 Å². The van der Waals surface area contributed by atoms with Gasteiger partial charge in [-0.3, -0.25) is 4.79 Å². The van der Waals surface area contributed by atoms with Crippen LogP contribution in [0.5, 0.6) is 0 Å². The number of aromatic nitrogens is 2. The SMILES string of the molecule is CCCCn1ncc(N(C)C2CCC(N)CC2)c(Br)c1=O. The molecule has 2 rings (SSSR count). The summed E-state index contributed by atoms with van der Waals surface area (Å²) in [5.74, 6) is 0. The molecule has 1 saturated carbocycles. The van der Waals surface area contributed by atoms with Gasteiger partial charge in [-0.2, -0.15) is 5.10 Å². The molecule has 118 valence electrons. The zero-order valence-corrected chi connectivity index (χ0v) is 14.5. The van der Waals surface area contributed by atoms with E-state index in [1.165, 1.54) is 0 Å². The van der Waals surface area contributed by atoms with E-state index in [0.717, 1.165) is 44.2 Å². The van der Waals surface area contributed by atoms with Crippen molar-refractivity contribution in [3.05, 3.63) is 21.0 Å². The Morgan fingerprint density at radius 3 is 2.71 bits per heavy atom. The van der Waals surface area contributed by atoms with Crippen LogP contribution >= 0.6 is 15.9 Å². The Hall–Kier alpha value is -0.880. The zero-order chi connectivity index (χ0) is 15.4. The number of hydrogen-bond donors (Lipinski definition) is 1. The Balaban J connectivity index is 2.16. The number of rotatable bonds is 5. The molecule has 1 aromatic rings. The minimum absolute atomic E-state index is 0.0414. The molecule has 1 aromatic heterocycles. The van der Waals surface area contributed by atoms with Crippen molar-refractivity contribution in [1.82, 2.24) is 9.78 Å². The van der Waals surface area contributed by atoms with E-state index in [1.807, 2.05) is 7.05 Å². The average Bonchev–Trinajstić information content (AvgIpc) is 2.49. The maximum atomic E-state index is 12.3. The molecule has 0 saturated heterocycles. The van der Waals surface area contributed by atoms with E-state index in [2.05, 4.69) is 32.9 Å². The van der Waals surface area contributed by atoms with Crippen LogP contribution in [0.25, 0.3) is 0 Å². The largest absolute Gasteiger partial charge is 0.369 e. The van der Waals surface area contributed by atoms with Gasteiger partial charge in [-0.05, 0) is 48.0 Å². The normalized spacial score (nSPS) is 22.3. The highest BCUT2D eigenvalue weighted by Gasteiger charge is 2.24. The second kappa shape index (κ2) is 7.40. The van der Waals surface area contributed by atoms with Crippen LogP contribution in [0, 0.1) is 0 Å². The van der Waals surface area contributed by atoms with Gasteiger partial charge in [0.05, 0.1) is 11.9 Å². The molecule has 5 nitrogen and oxygen atoms in total. The minimum Gasteiger partial charge on any atom is -0.369 e. The van der Waals surface area contributed by atoms with Crippen molar-refractivity contribution in [2.24, 2.45) is 5.73 Å². The molecule has 21 heavy (non-hydrogen) atoms. The van der Waals surface area contributed by atoms with Crippen molar-refractivity contribution >= 4 is 21.6 Å². The van der Waals surface area contributed by atoms with Gasteiger partial charge < -0.3 is 10.6 Å². The van der Waals surface area contributed by atoms with Crippen molar-refractivity contribution in [1.29, 1.82) is 0 Å². The van der Waals surface area contributed by atoms with Gasteiger partial charge in [0.15, 0.2) is 0 Å². The molecule has 0 spiro atoms. The summed E-state index contributed by atoms with van der Waals surface area (Å²) in [6.45, 7) is 2.78. The molecule has 0 amide bonds. The van der Waals surface area contributed by atoms with Gasteiger partial charge in [-0.15, -0.1) is 0 Å². The van der Waals surface area contributed by atoms with Crippen LogP contribution in [0.1, 0.15) is 45.4 Å². The van der Waals surface area contributed by atoms with Gasteiger partial charge >= 0.3 is 0 Å². The predicted octanol–water partition coefficient (Wildman–Crippen LogP) is 2.51. The maximum absolute atomic E-state index is 12.3. The summed E-state index contributed by atoms with van der Waals surface area (Å²) in [5, 5.41) is 4.32. The summed E-state index contributed by atoms with van der Waals surface area (Å²) in [5.41, 5.74) is 6.80. The fourth-order valence-electron chi connectivity index (χ4n) is 2.86. The second-order valence-corrected chi connectivity index (χ2v) is 6.70. The van der Waals surface area contributed by atoms with Gasteiger partial charge in [-0.1, -0.05) is 13.3 Å². The van der Waals surface area contributed by atoms with Gasteiger partial charge in [0.2, 0.25) is 0 Å². The lowest BCUT2D eigenvalue weighted by atomic mass is 9.91. The standard InChI is InChI=1S/C15H25BrN4O/c1-3-4-9-20-15(21)14(16)13(10-18-20)19(2)12-7-5-11(17)6-8-12/h10-12H,3-9,17H2,1-2H3. The van der Waals surface area contributed by atoms with Crippen molar-refractivity contribution in [3.63, 3.8) is 0 Å². The molecule has 0 radical (unpaired) electrons. The number of nitrogens with two attached hydrogens (primary N) is 1. The predicted molar refractivity (Wildman–Crippen MR) is 89.7 cm³/mol. The molecule has 0 bridgehead atoms. The first-order chi connectivity index (χ1) is 10.0. The highest BCUT2D eigenvalue weighted by atomic mass is 79.9. The molecule has 0 aromatic carbocycles. The smallest absolute Gasteiger partial charge is 0.283 e. The van der Waals surface area contributed by atoms with Crippen molar-refractivity contribution in [2.45, 2.75) is 64.1 Å². The van der Waals surface area contributed by atoms with Gasteiger partial charge in [-0.25, -0.2) is 4.68 Å². The molecule has 0 unspecified atom stereocenters. The third-order valence-electron chi connectivity index (χ3n) is 4.36. The maximum Gasteiger partial charge on any atom is 0.283 e. The van der Waals surface area contributed by atoms with E-state index in [-0.39, 0.29) is 5.56 Å². The Bertz CT molecular complexity index is 523. The summed E-state index contributed by atoms with van der Waals surface area (Å²) in [6, 6.07) is 0.770. The second-order valence-electron chi connectivity index (χ2n) is 5.91. The van der Waals surface area contributed by atoms with E-state index in [1.54, 1.807) is 10.9 Å². The van der Waals surface area contributed by atoms with Crippen LogP contribution in [-0.2, 0) is 6.54 Å². The number of anilines is 1.